The lowest BCUT2D eigenvalue weighted by Crippen LogP contribution is -2.08. The van der Waals surface area contributed by atoms with Crippen LogP contribution in [0.2, 0.25) is 5.02 Å². The molecule has 0 aliphatic rings. The lowest BCUT2D eigenvalue weighted by Gasteiger charge is -2.08. The second-order valence-corrected chi connectivity index (χ2v) is 5.72. The number of halogens is 1. The molecule has 0 radical (unpaired) electrons. The van der Waals surface area contributed by atoms with Crippen LogP contribution in [0.15, 0.2) is 60.7 Å². The van der Waals surface area contributed by atoms with Gasteiger partial charge in [-0.2, -0.15) is 5.10 Å². The highest BCUT2D eigenvalue weighted by Crippen LogP contribution is 2.24. The van der Waals surface area contributed by atoms with Crippen molar-refractivity contribution in [2.45, 2.75) is 13.5 Å². The standard InChI is InChI=1S/C19H17ClN2O2/c1-2-24-19(23)17-12-18(15-8-10-16(20)11-9-15)22(21-17)13-14-6-4-3-5-7-14/h3-12H,2,13H2,1H3. The number of hydrogen-bond acceptors (Lipinski definition) is 3. The molecule has 4 nitrogen and oxygen atoms in total. The highest BCUT2D eigenvalue weighted by atomic mass is 35.5. The van der Waals surface area contributed by atoms with Crippen LogP contribution < -0.4 is 0 Å². The summed E-state index contributed by atoms with van der Waals surface area (Å²) in [5, 5.41) is 5.10. The summed E-state index contributed by atoms with van der Waals surface area (Å²) >= 11 is 5.97. The van der Waals surface area contributed by atoms with E-state index in [0.29, 0.717) is 23.9 Å². The minimum atomic E-state index is -0.417. The van der Waals surface area contributed by atoms with E-state index in [1.165, 1.54) is 0 Å². The zero-order chi connectivity index (χ0) is 16.9. The van der Waals surface area contributed by atoms with Gasteiger partial charge in [-0.25, -0.2) is 4.79 Å². The lowest BCUT2D eigenvalue weighted by molar-refractivity contribution is 0.0518. The molecule has 0 N–H and O–H groups in total. The Morgan fingerprint density at radius 1 is 1.12 bits per heavy atom. The van der Waals surface area contributed by atoms with Gasteiger partial charge in [-0.3, -0.25) is 4.68 Å². The number of aromatic nitrogens is 2. The van der Waals surface area contributed by atoms with Gasteiger partial charge >= 0.3 is 5.97 Å². The van der Waals surface area contributed by atoms with Crippen LogP contribution in [-0.2, 0) is 11.3 Å². The van der Waals surface area contributed by atoms with Crippen LogP contribution in [0.3, 0.4) is 0 Å². The summed E-state index contributed by atoms with van der Waals surface area (Å²) in [6.07, 6.45) is 0. The van der Waals surface area contributed by atoms with Crippen LogP contribution in [0.25, 0.3) is 11.3 Å². The highest BCUT2D eigenvalue weighted by molar-refractivity contribution is 6.30. The molecular formula is C19H17ClN2O2. The summed E-state index contributed by atoms with van der Waals surface area (Å²) in [5.41, 5.74) is 3.20. The van der Waals surface area contributed by atoms with Gasteiger partial charge in [-0.1, -0.05) is 54.1 Å². The third-order valence-corrected chi connectivity index (χ3v) is 3.83. The first-order valence-corrected chi connectivity index (χ1v) is 8.10. The number of nitrogens with zero attached hydrogens (tertiary/aromatic N) is 2. The van der Waals surface area contributed by atoms with E-state index in [-0.39, 0.29) is 0 Å². The van der Waals surface area contributed by atoms with Crippen molar-refractivity contribution >= 4 is 17.6 Å². The van der Waals surface area contributed by atoms with Gasteiger partial charge in [0.1, 0.15) is 0 Å². The van der Waals surface area contributed by atoms with Gasteiger partial charge in [-0.15, -0.1) is 0 Å². The lowest BCUT2D eigenvalue weighted by atomic mass is 10.1. The van der Waals surface area contributed by atoms with E-state index in [1.807, 2.05) is 59.3 Å². The second-order valence-electron chi connectivity index (χ2n) is 5.29. The maximum absolute atomic E-state index is 12.0. The molecular weight excluding hydrogens is 324 g/mol. The molecule has 1 heterocycles. The van der Waals surface area contributed by atoms with Gasteiger partial charge in [-0.05, 0) is 36.2 Å². The molecule has 3 aromatic rings. The Balaban J connectivity index is 2.01. The average Bonchev–Trinajstić information content (AvgIpc) is 3.01. The number of hydrogen-bond donors (Lipinski definition) is 0. The molecule has 0 amide bonds. The van der Waals surface area contributed by atoms with E-state index < -0.39 is 5.97 Å². The minimum Gasteiger partial charge on any atom is -0.461 e. The third-order valence-electron chi connectivity index (χ3n) is 3.58. The van der Waals surface area contributed by atoms with Gasteiger partial charge in [0.25, 0.3) is 0 Å². The Labute approximate surface area is 145 Å². The predicted octanol–water partition coefficient (Wildman–Crippen LogP) is 4.43. The molecule has 0 aliphatic heterocycles. The molecule has 0 unspecified atom stereocenters. The number of carbonyl (C=O) groups is 1. The zero-order valence-corrected chi connectivity index (χ0v) is 14.0. The molecule has 24 heavy (non-hydrogen) atoms. The Bertz CT molecular complexity index is 826. The van der Waals surface area contributed by atoms with Crippen molar-refractivity contribution in [3.05, 3.63) is 76.9 Å². The van der Waals surface area contributed by atoms with Crippen molar-refractivity contribution in [1.29, 1.82) is 0 Å². The molecule has 0 saturated heterocycles. The molecule has 122 valence electrons. The Morgan fingerprint density at radius 2 is 1.83 bits per heavy atom. The normalized spacial score (nSPS) is 10.6. The molecule has 0 atom stereocenters. The highest BCUT2D eigenvalue weighted by Gasteiger charge is 2.16. The van der Waals surface area contributed by atoms with Gasteiger partial charge in [0.2, 0.25) is 0 Å². The minimum absolute atomic E-state index is 0.303. The summed E-state index contributed by atoms with van der Waals surface area (Å²) < 4.78 is 6.88. The second kappa shape index (κ2) is 7.32. The first-order chi connectivity index (χ1) is 11.7. The zero-order valence-electron chi connectivity index (χ0n) is 13.3. The van der Waals surface area contributed by atoms with Crippen molar-refractivity contribution < 1.29 is 9.53 Å². The molecule has 0 fully saturated rings. The van der Waals surface area contributed by atoms with Gasteiger partial charge in [0, 0.05) is 5.02 Å². The maximum atomic E-state index is 12.0. The third kappa shape index (κ3) is 3.66. The van der Waals surface area contributed by atoms with Crippen molar-refractivity contribution in [2.75, 3.05) is 6.61 Å². The quantitative estimate of drug-likeness (QED) is 0.645. The smallest absolute Gasteiger partial charge is 0.358 e. The fourth-order valence-corrected chi connectivity index (χ4v) is 2.58. The summed E-state index contributed by atoms with van der Waals surface area (Å²) in [6, 6.07) is 19.2. The first-order valence-electron chi connectivity index (χ1n) is 7.72. The Hall–Kier alpha value is -2.59. The molecule has 0 spiro atoms. The SMILES string of the molecule is CCOC(=O)c1cc(-c2ccc(Cl)cc2)n(Cc2ccccc2)n1. The Kier molecular flexibility index (Phi) is 4.96. The fraction of sp³-hybridized carbons (Fsp3) is 0.158. The van der Waals surface area contributed by atoms with Gasteiger partial charge in [0.05, 0.1) is 18.8 Å². The van der Waals surface area contributed by atoms with E-state index in [2.05, 4.69) is 5.10 Å². The number of carbonyl (C=O) groups excluding carboxylic acids is 1. The van der Waals surface area contributed by atoms with E-state index in [0.717, 1.165) is 16.8 Å². The van der Waals surface area contributed by atoms with Crippen molar-refractivity contribution in [3.63, 3.8) is 0 Å². The molecule has 5 heteroatoms. The average molecular weight is 341 g/mol. The van der Waals surface area contributed by atoms with Crippen LogP contribution in [0.1, 0.15) is 23.0 Å². The van der Waals surface area contributed by atoms with Crippen molar-refractivity contribution in [2.24, 2.45) is 0 Å². The van der Waals surface area contributed by atoms with Crippen LogP contribution in [0.4, 0.5) is 0 Å². The van der Waals surface area contributed by atoms with E-state index in [9.17, 15) is 4.79 Å². The number of benzene rings is 2. The molecule has 3 rings (SSSR count). The summed E-state index contributed by atoms with van der Waals surface area (Å²) in [5.74, 6) is -0.417. The first kappa shape index (κ1) is 16.3. The van der Waals surface area contributed by atoms with E-state index in [4.69, 9.17) is 16.3 Å². The van der Waals surface area contributed by atoms with E-state index >= 15 is 0 Å². The van der Waals surface area contributed by atoms with Crippen LogP contribution >= 0.6 is 11.6 Å². The van der Waals surface area contributed by atoms with Gasteiger partial charge in [0.15, 0.2) is 5.69 Å². The Morgan fingerprint density at radius 3 is 2.50 bits per heavy atom. The van der Waals surface area contributed by atoms with Gasteiger partial charge < -0.3 is 4.74 Å². The van der Waals surface area contributed by atoms with E-state index in [1.54, 1.807) is 13.0 Å². The largest absolute Gasteiger partial charge is 0.461 e. The molecule has 0 aliphatic carbocycles. The predicted molar refractivity (Wildman–Crippen MR) is 94.2 cm³/mol. The maximum Gasteiger partial charge on any atom is 0.358 e. The van der Waals surface area contributed by atoms with Crippen LogP contribution in [-0.4, -0.2) is 22.4 Å². The van der Waals surface area contributed by atoms with Crippen molar-refractivity contribution in [3.8, 4) is 11.3 Å². The van der Waals surface area contributed by atoms with Crippen LogP contribution in [0.5, 0.6) is 0 Å². The topological polar surface area (TPSA) is 44.1 Å². The summed E-state index contributed by atoms with van der Waals surface area (Å²) in [6.45, 7) is 2.66. The fourth-order valence-electron chi connectivity index (χ4n) is 2.45. The monoisotopic (exact) mass is 340 g/mol. The van der Waals surface area contributed by atoms with Crippen LogP contribution in [0, 0.1) is 0 Å². The number of esters is 1. The molecule has 0 bridgehead atoms. The molecule has 0 saturated carbocycles. The van der Waals surface area contributed by atoms with Crippen molar-refractivity contribution in [1.82, 2.24) is 9.78 Å². The molecule has 2 aromatic carbocycles. The summed E-state index contributed by atoms with van der Waals surface area (Å²) in [7, 11) is 0. The molecule has 1 aromatic heterocycles. The number of ether oxygens (including phenoxy) is 1. The number of rotatable bonds is 5. The summed E-state index contributed by atoms with van der Waals surface area (Å²) in [4.78, 5) is 12.0.